The Morgan fingerprint density at radius 1 is 1.17 bits per heavy atom. The Hall–Kier alpha value is -1.44. The molecule has 0 aromatic heterocycles. The zero-order chi connectivity index (χ0) is 18.3. The first-order chi connectivity index (χ1) is 11.3. The Morgan fingerprint density at radius 2 is 1.75 bits per heavy atom. The van der Waals surface area contributed by atoms with Crippen LogP contribution >= 0.6 is 0 Å². The maximum atomic E-state index is 12.7. The number of sulfonamides is 1. The molecule has 1 amide bonds. The minimum Gasteiger partial charge on any atom is -0.336 e. The van der Waals surface area contributed by atoms with E-state index < -0.39 is 10.0 Å². The van der Waals surface area contributed by atoms with Crippen LogP contribution in [0.5, 0.6) is 0 Å². The Balaban J connectivity index is 2.96. The lowest BCUT2D eigenvalue weighted by Crippen LogP contribution is -2.37. The molecule has 136 valence electrons. The highest BCUT2D eigenvalue weighted by Gasteiger charge is 2.22. The summed E-state index contributed by atoms with van der Waals surface area (Å²) in [5, 5.41) is 0. The topological polar surface area (TPSA) is 66.9 Å². The van der Waals surface area contributed by atoms with Crippen LogP contribution in [0.25, 0.3) is 0 Å². The number of nitrogens with zero attached hydrogens (tertiary/aromatic N) is 2. The van der Waals surface area contributed by atoms with Crippen LogP contribution < -0.4 is 0 Å². The molecular weight excluding hydrogens is 328 g/mol. The number of hydroxylamine groups is 1. The Morgan fingerprint density at radius 3 is 2.21 bits per heavy atom. The van der Waals surface area contributed by atoms with Crippen LogP contribution in [0.15, 0.2) is 29.2 Å². The third kappa shape index (κ3) is 5.03. The first kappa shape index (κ1) is 20.6. The molecule has 0 radical (unpaired) electrons. The van der Waals surface area contributed by atoms with E-state index in [2.05, 4.69) is 6.92 Å². The predicted octanol–water partition coefficient (Wildman–Crippen LogP) is 2.91. The second-order valence-electron chi connectivity index (χ2n) is 5.92. The van der Waals surface area contributed by atoms with Crippen molar-refractivity contribution in [1.82, 2.24) is 9.37 Å². The van der Waals surface area contributed by atoms with Gasteiger partial charge in [0.05, 0.1) is 12.0 Å². The molecule has 0 aliphatic carbocycles. The van der Waals surface area contributed by atoms with Crippen LogP contribution in [0.2, 0.25) is 0 Å². The van der Waals surface area contributed by atoms with Gasteiger partial charge < -0.3 is 4.90 Å². The summed E-state index contributed by atoms with van der Waals surface area (Å²) in [7, 11) is -1.09. The summed E-state index contributed by atoms with van der Waals surface area (Å²) in [5.74, 6) is -0.0786. The van der Waals surface area contributed by atoms with Gasteiger partial charge in [0, 0.05) is 25.2 Å². The summed E-state index contributed by atoms with van der Waals surface area (Å²) < 4.78 is 25.1. The van der Waals surface area contributed by atoms with Gasteiger partial charge in [0.2, 0.25) is 0 Å². The van der Waals surface area contributed by atoms with Crippen molar-refractivity contribution in [2.45, 2.75) is 51.0 Å². The lowest BCUT2D eigenvalue weighted by molar-refractivity contribution is -0.0258. The SMILES string of the molecule is CCCCCN(C(=O)c1ccc(S(=O)(=O)N(C)OC)cc1)C(C)C. The van der Waals surface area contributed by atoms with E-state index in [9.17, 15) is 13.2 Å². The molecule has 6 nitrogen and oxygen atoms in total. The highest BCUT2D eigenvalue weighted by Crippen LogP contribution is 2.17. The van der Waals surface area contributed by atoms with Crippen molar-refractivity contribution in [3.63, 3.8) is 0 Å². The molecule has 0 atom stereocenters. The van der Waals surface area contributed by atoms with Crippen LogP contribution in [-0.4, -0.2) is 50.4 Å². The van der Waals surface area contributed by atoms with Crippen molar-refractivity contribution in [3.8, 4) is 0 Å². The molecule has 0 N–H and O–H groups in total. The summed E-state index contributed by atoms with van der Waals surface area (Å²) in [6.45, 7) is 6.79. The molecule has 0 unspecified atom stereocenters. The molecule has 0 fully saturated rings. The lowest BCUT2D eigenvalue weighted by Gasteiger charge is -2.27. The Labute approximate surface area is 145 Å². The van der Waals surface area contributed by atoms with E-state index in [1.54, 1.807) is 12.1 Å². The average Bonchev–Trinajstić information content (AvgIpc) is 2.57. The van der Waals surface area contributed by atoms with Crippen molar-refractivity contribution in [2.24, 2.45) is 0 Å². The van der Waals surface area contributed by atoms with Gasteiger partial charge in [-0.15, -0.1) is 0 Å². The molecule has 0 saturated carbocycles. The minimum atomic E-state index is -3.70. The van der Waals surface area contributed by atoms with Gasteiger partial charge in [-0.1, -0.05) is 24.2 Å². The van der Waals surface area contributed by atoms with E-state index in [4.69, 9.17) is 4.84 Å². The zero-order valence-electron chi connectivity index (χ0n) is 15.2. The van der Waals surface area contributed by atoms with E-state index in [1.165, 1.54) is 26.3 Å². The summed E-state index contributed by atoms with van der Waals surface area (Å²) >= 11 is 0. The van der Waals surface area contributed by atoms with Crippen LogP contribution in [0, 0.1) is 0 Å². The van der Waals surface area contributed by atoms with Gasteiger partial charge in [0.1, 0.15) is 0 Å². The number of carbonyl (C=O) groups excluding carboxylic acids is 1. The van der Waals surface area contributed by atoms with Crippen molar-refractivity contribution in [3.05, 3.63) is 29.8 Å². The smallest absolute Gasteiger partial charge is 0.264 e. The van der Waals surface area contributed by atoms with Crippen LogP contribution in [-0.2, 0) is 14.9 Å². The number of benzene rings is 1. The quantitative estimate of drug-likeness (QED) is 0.504. The number of hydrogen-bond donors (Lipinski definition) is 0. The van der Waals surface area contributed by atoms with Crippen LogP contribution in [0.4, 0.5) is 0 Å². The van der Waals surface area contributed by atoms with Crippen LogP contribution in [0.1, 0.15) is 50.4 Å². The van der Waals surface area contributed by atoms with Gasteiger partial charge in [-0.05, 0) is 44.5 Å². The van der Waals surface area contributed by atoms with E-state index in [1.807, 2.05) is 18.7 Å². The number of amides is 1. The van der Waals surface area contributed by atoms with Crippen molar-refractivity contribution >= 4 is 15.9 Å². The molecule has 0 aliphatic heterocycles. The molecule has 7 heteroatoms. The van der Waals surface area contributed by atoms with Gasteiger partial charge >= 0.3 is 0 Å². The van der Waals surface area contributed by atoms with E-state index in [0.717, 1.165) is 23.7 Å². The second kappa shape index (κ2) is 9.15. The number of rotatable bonds is 9. The van der Waals surface area contributed by atoms with Crippen molar-refractivity contribution in [1.29, 1.82) is 0 Å². The summed E-state index contributed by atoms with van der Waals surface area (Å²) in [6, 6.07) is 6.06. The zero-order valence-corrected chi connectivity index (χ0v) is 16.0. The van der Waals surface area contributed by atoms with E-state index >= 15 is 0 Å². The van der Waals surface area contributed by atoms with Crippen molar-refractivity contribution < 1.29 is 18.0 Å². The molecule has 1 rings (SSSR count). The van der Waals surface area contributed by atoms with Gasteiger partial charge in [0.25, 0.3) is 15.9 Å². The molecule has 1 aromatic rings. The third-order valence-corrected chi connectivity index (χ3v) is 5.58. The number of carbonyl (C=O) groups is 1. The fraction of sp³-hybridized carbons (Fsp3) is 0.588. The largest absolute Gasteiger partial charge is 0.336 e. The Kier molecular flexibility index (Phi) is 7.86. The fourth-order valence-corrected chi connectivity index (χ4v) is 3.28. The molecule has 0 saturated heterocycles. The monoisotopic (exact) mass is 356 g/mol. The highest BCUT2D eigenvalue weighted by molar-refractivity contribution is 7.89. The fourth-order valence-electron chi connectivity index (χ4n) is 2.31. The summed E-state index contributed by atoms with van der Waals surface area (Å²) in [6.07, 6.45) is 3.14. The predicted molar refractivity (Wildman–Crippen MR) is 94.1 cm³/mol. The molecule has 1 aromatic carbocycles. The van der Waals surface area contributed by atoms with E-state index in [-0.39, 0.29) is 16.8 Å². The lowest BCUT2D eigenvalue weighted by atomic mass is 10.1. The standard InChI is InChI=1S/C17H28N2O4S/c1-6-7-8-13-19(14(2)3)17(20)15-9-11-16(12-10-15)24(21,22)18(4)23-5/h9-12,14H,6-8,13H2,1-5H3. The van der Waals surface area contributed by atoms with Gasteiger partial charge in [-0.3, -0.25) is 9.63 Å². The molecule has 24 heavy (non-hydrogen) atoms. The normalized spacial score (nSPS) is 12.0. The van der Waals surface area contributed by atoms with Gasteiger partial charge in [-0.25, -0.2) is 8.42 Å². The third-order valence-electron chi connectivity index (χ3n) is 3.88. The summed E-state index contributed by atoms with van der Waals surface area (Å²) in [5.41, 5.74) is 0.485. The maximum Gasteiger partial charge on any atom is 0.264 e. The molecule has 0 heterocycles. The molecule has 0 aliphatic rings. The molecular formula is C17H28N2O4S. The highest BCUT2D eigenvalue weighted by atomic mass is 32.2. The van der Waals surface area contributed by atoms with Crippen molar-refractivity contribution in [2.75, 3.05) is 20.7 Å². The second-order valence-corrected chi connectivity index (χ2v) is 7.86. The minimum absolute atomic E-state index is 0.0786. The van der Waals surface area contributed by atoms with Gasteiger partial charge in [0.15, 0.2) is 0 Å². The first-order valence-electron chi connectivity index (χ1n) is 8.19. The Bertz CT molecular complexity index is 626. The van der Waals surface area contributed by atoms with Gasteiger partial charge in [-0.2, -0.15) is 0 Å². The molecule has 0 bridgehead atoms. The molecule has 0 spiro atoms. The van der Waals surface area contributed by atoms with Crippen LogP contribution in [0.3, 0.4) is 0 Å². The average molecular weight is 356 g/mol. The van der Waals surface area contributed by atoms with E-state index in [0.29, 0.717) is 12.1 Å². The number of hydrogen-bond acceptors (Lipinski definition) is 4. The summed E-state index contributed by atoms with van der Waals surface area (Å²) in [4.78, 5) is 19.3. The number of unbranched alkanes of at least 4 members (excludes halogenated alkanes) is 2. The first-order valence-corrected chi connectivity index (χ1v) is 9.63. The maximum absolute atomic E-state index is 12.7.